The first-order chi connectivity index (χ1) is 10.1. The van der Waals surface area contributed by atoms with Gasteiger partial charge in [0.25, 0.3) is 0 Å². The average Bonchev–Trinajstić information content (AvgIpc) is 2.90. The summed E-state index contributed by atoms with van der Waals surface area (Å²) in [6, 6.07) is 5.78. The highest BCUT2D eigenvalue weighted by molar-refractivity contribution is 14.1. The number of allylic oxidation sites excluding steroid dienone is 1. The van der Waals surface area contributed by atoms with E-state index in [1.807, 2.05) is 41.7 Å². The second-order valence-corrected chi connectivity index (χ2v) is 9.16. The normalized spacial score (nSPS) is 28.6. The van der Waals surface area contributed by atoms with Crippen molar-refractivity contribution in [2.75, 3.05) is 17.3 Å². The molecule has 1 heterocycles. The van der Waals surface area contributed by atoms with Crippen molar-refractivity contribution in [1.29, 1.82) is 0 Å². The first-order valence-corrected chi connectivity index (χ1v) is 10.2. The molecule has 3 rings (SSSR count). The number of halogens is 1. The molecule has 0 amide bonds. The Balaban J connectivity index is 1.97. The summed E-state index contributed by atoms with van der Waals surface area (Å²) in [5.74, 6) is 2.13. The van der Waals surface area contributed by atoms with Gasteiger partial charge in [-0.15, -0.1) is 23.5 Å². The van der Waals surface area contributed by atoms with Crippen LogP contribution in [0, 0.1) is 0 Å². The Bertz CT molecular complexity index is 627. The van der Waals surface area contributed by atoms with Crippen molar-refractivity contribution >= 4 is 51.9 Å². The molecule has 0 saturated carbocycles. The third kappa shape index (κ3) is 2.88. The lowest BCUT2D eigenvalue weighted by molar-refractivity contribution is 0.102. The zero-order valence-corrected chi connectivity index (χ0v) is 15.9. The van der Waals surface area contributed by atoms with Crippen molar-refractivity contribution in [2.45, 2.75) is 24.5 Å². The fraction of sp³-hybridized carbons (Fsp3) is 0.438. The van der Waals surface area contributed by atoms with Gasteiger partial charge in [0.1, 0.15) is 5.75 Å². The zero-order chi connectivity index (χ0) is 15.0. The molecule has 5 heteroatoms. The molecule has 1 aliphatic carbocycles. The van der Waals surface area contributed by atoms with Crippen molar-refractivity contribution in [3.05, 3.63) is 39.1 Å². The van der Waals surface area contributed by atoms with Gasteiger partial charge < -0.3 is 4.74 Å². The number of hydrogen-bond acceptors (Lipinski definition) is 4. The predicted octanol–water partition coefficient (Wildman–Crippen LogP) is 4.71. The number of Topliss-reactive ketones (excluding diaryl/α,β-unsaturated/α-hetero) is 1. The molecule has 2 aliphatic rings. The topological polar surface area (TPSA) is 26.3 Å². The van der Waals surface area contributed by atoms with Crippen LogP contribution in [-0.2, 0) is 6.42 Å². The van der Waals surface area contributed by atoms with Crippen LogP contribution in [-0.4, -0.2) is 27.8 Å². The fourth-order valence-electron chi connectivity index (χ4n) is 2.66. The summed E-state index contributed by atoms with van der Waals surface area (Å²) in [6.07, 6.45) is 1.73. The van der Waals surface area contributed by atoms with Crippen molar-refractivity contribution in [1.82, 2.24) is 0 Å². The summed E-state index contributed by atoms with van der Waals surface area (Å²) >= 11 is 6.19. The molecular weight excluding hydrogens is 415 g/mol. The summed E-state index contributed by atoms with van der Waals surface area (Å²) in [4.78, 5) is 12.8. The van der Waals surface area contributed by atoms with E-state index in [9.17, 15) is 4.79 Å². The third-order valence-electron chi connectivity index (χ3n) is 3.87. The number of hydrogen-bond donors (Lipinski definition) is 0. The van der Waals surface area contributed by atoms with Crippen molar-refractivity contribution in [3.8, 4) is 5.75 Å². The maximum atomic E-state index is 12.8. The molecule has 2 nitrogen and oxygen atoms in total. The summed E-state index contributed by atoms with van der Waals surface area (Å²) in [6.45, 7) is 2.29. The van der Waals surface area contributed by atoms with E-state index in [-0.39, 0.29) is 10.5 Å². The highest BCUT2D eigenvalue weighted by Crippen LogP contribution is 2.52. The average molecular weight is 432 g/mol. The molecule has 0 unspecified atom stereocenters. The molecule has 0 radical (unpaired) electrons. The van der Waals surface area contributed by atoms with Crippen LogP contribution in [0.2, 0.25) is 0 Å². The van der Waals surface area contributed by atoms with Gasteiger partial charge >= 0.3 is 0 Å². The Labute approximate surface area is 147 Å². The molecule has 0 aromatic heterocycles. The van der Waals surface area contributed by atoms with Crippen LogP contribution in [0.3, 0.4) is 0 Å². The van der Waals surface area contributed by atoms with E-state index in [1.165, 1.54) is 4.24 Å². The van der Waals surface area contributed by atoms with Crippen LogP contribution in [0.5, 0.6) is 5.75 Å². The minimum Gasteiger partial charge on any atom is -0.496 e. The number of thioether (sulfide) groups is 2. The lowest BCUT2D eigenvalue weighted by Gasteiger charge is -2.22. The van der Waals surface area contributed by atoms with E-state index in [0.717, 1.165) is 45.5 Å². The van der Waals surface area contributed by atoms with Crippen LogP contribution in [0.15, 0.2) is 28.0 Å². The van der Waals surface area contributed by atoms with E-state index in [4.69, 9.17) is 4.74 Å². The number of carbonyl (C=O) groups excluding carboxylic acids is 1. The number of alkyl halides is 1. The van der Waals surface area contributed by atoms with E-state index >= 15 is 0 Å². The number of rotatable bonds is 2. The maximum absolute atomic E-state index is 12.8. The predicted molar refractivity (Wildman–Crippen MR) is 100 cm³/mol. The molecule has 1 fully saturated rings. The first-order valence-electron chi connectivity index (χ1n) is 6.89. The van der Waals surface area contributed by atoms with E-state index in [1.54, 1.807) is 7.11 Å². The Morgan fingerprint density at radius 1 is 1.38 bits per heavy atom. The van der Waals surface area contributed by atoms with Crippen molar-refractivity contribution in [3.63, 3.8) is 0 Å². The summed E-state index contributed by atoms with van der Waals surface area (Å²) < 4.78 is 8.01. The lowest BCUT2D eigenvalue weighted by atomic mass is 9.87. The minimum absolute atomic E-state index is 0.197. The van der Waals surface area contributed by atoms with E-state index in [0.29, 0.717) is 0 Å². The van der Waals surface area contributed by atoms with Crippen LogP contribution in [0.1, 0.15) is 29.3 Å². The summed E-state index contributed by atoms with van der Waals surface area (Å²) in [7, 11) is 1.67. The Morgan fingerprint density at radius 3 is 2.86 bits per heavy atom. The zero-order valence-electron chi connectivity index (χ0n) is 12.1. The van der Waals surface area contributed by atoms with Gasteiger partial charge in [0.05, 0.1) is 7.11 Å². The Hall–Kier alpha value is -0.140. The number of ketones is 1. The van der Waals surface area contributed by atoms with Crippen LogP contribution in [0.4, 0.5) is 0 Å². The number of ether oxygens (including phenoxy) is 1. The first kappa shape index (κ1) is 15.7. The molecule has 1 aromatic rings. The second kappa shape index (κ2) is 6.16. The highest BCUT2D eigenvalue weighted by atomic mass is 127. The summed E-state index contributed by atoms with van der Waals surface area (Å²) in [5, 5.41) is 0. The molecule has 1 atom stereocenters. The van der Waals surface area contributed by atoms with Crippen molar-refractivity contribution in [2.24, 2.45) is 0 Å². The van der Waals surface area contributed by atoms with Gasteiger partial charge in [0.15, 0.2) is 5.78 Å². The quantitative estimate of drug-likeness (QED) is 0.384. The fourth-order valence-corrected chi connectivity index (χ4v) is 6.92. The third-order valence-corrected chi connectivity index (χ3v) is 9.36. The number of fused-ring (bicyclic) bond motifs is 1. The number of carbonyl (C=O) groups is 1. The lowest BCUT2D eigenvalue weighted by Crippen LogP contribution is -2.21. The molecule has 1 aliphatic heterocycles. The molecule has 21 heavy (non-hydrogen) atoms. The Morgan fingerprint density at radius 2 is 2.19 bits per heavy atom. The second-order valence-electron chi connectivity index (χ2n) is 5.56. The molecule has 1 aromatic carbocycles. The smallest absolute Gasteiger partial charge is 0.191 e. The van der Waals surface area contributed by atoms with Gasteiger partial charge in [-0.3, -0.25) is 4.79 Å². The van der Waals surface area contributed by atoms with Gasteiger partial charge in [-0.25, -0.2) is 0 Å². The van der Waals surface area contributed by atoms with Gasteiger partial charge in [0, 0.05) is 35.9 Å². The Kier molecular flexibility index (Phi) is 4.62. The largest absolute Gasteiger partial charge is 0.496 e. The molecule has 0 spiro atoms. The molecule has 0 N–H and O–H groups in total. The molecular formula is C16H17IO2S2. The van der Waals surface area contributed by atoms with Crippen molar-refractivity contribution < 1.29 is 9.53 Å². The van der Waals surface area contributed by atoms with E-state index < -0.39 is 0 Å². The number of methoxy groups -OCH3 is 1. The van der Waals surface area contributed by atoms with Crippen LogP contribution < -0.4 is 4.74 Å². The van der Waals surface area contributed by atoms with Crippen LogP contribution >= 0.6 is 46.1 Å². The highest BCUT2D eigenvalue weighted by Gasteiger charge is 2.36. The SMILES string of the molecule is COc1cccc2c1CC/C(=C1\SC[C@@](C)(CI)S1)C2=O. The van der Waals surface area contributed by atoms with Gasteiger partial charge in [-0.2, -0.15) is 0 Å². The van der Waals surface area contributed by atoms with Gasteiger partial charge in [-0.1, -0.05) is 34.7 Å². The minimum atomic E-state index is 0.197. The standard InChI is InChI=1S/C16H17IO2S2/c1-16(8-17)9-20-15(21-16)12-7-6-10-11(14(12)18)4-3-5-13(10)19-2/h3-5H,6-9H2,1-2H3/b15-12-/t16-/m1/s1. The van der Waals surface area contributed by atoms with Crippen LogP contribution in [0.25, 0.3) is 0 Å². The van der Waals surface area contributed by atoms with Gasteiger partial charge in [-0.05, 0) is 25.8 Å². The number of benzene rings is 1. The molecule has 0 bridgehead atoms. The maximum Gasteiger partial charge on any atom is 0.191 e. The molecule has 112 valence electrons. The molecule has 1 saturated heterocycles. The van der Waals surface area contributed by atoms with Gasteiger partial charge in [0.2, 0.25) is 0 Å². The van der Waals surface area contributed by atoms with E-state index in [2.05, 4.69) is 29.5 Å². The monoisotopic (exact) mass is 432 g/mol. The summed E-state index contributed by atoms with van der Waals surface area (Å²) in [5.41, 5.74) is 2.91.